The molecule has 0 saturated carbocycles. The number of imidazole rings is 1. The van der Waals surface area contributed by atoms with E-state index >= 15 is 0 Å². The third-order valence-electron chi connectivity index (χ3n) is 7.11. The third kappa shape index (κ3) is 3.73. The van der Waals surface area contributed by atoms with Crippen LogP contribution >= 0.6 is 15.9 Å². The van der Waals surface area contributed by atoms with E-state index in [2.05, 4.69) is 43.6 Å². The summed E-state index contributed by atoms with van der Waals surface area (Å²) in [6.45, 7) is 2.16. The van der Waals surface area contributed by atoms with E-state index in [4.69, 9.17) is 4.98 Å². The Labute approximate surface area is 206 Å². The number of halogens is 2. The molecule has 7 rings (SSSR count). The van der Waals surface area contributed by atoms with Gasteiger partial charge in [-0.2, -0.15) is 0 Å². The quantitative estimate of drug-likeness (QED) is 0.363. The van der Waals surface area contributed by atoms with Crippen molar-refractivity contribution in [1.29, 1.82) is 0 Å². The minimum atomic E-state index is -0.448. The lowest BCUT2D eigenvalue weighted by Gasteiger charge is -2.51. The third-order valence-corrected chi connectivity index (χ3v) is 7.64. The summed E-state index contributed by atoms with van der Waals surface area (Å²) in [7, 11) is 0. The molecule has 2 unspecified atom stereocenters. The monoisotopic (exact) mass is 518 g/mol. The van der Waals surface area contributed by atoms with Crippen LogP contribution in [0.1, 0.15) is 28.9 Å². The maximum absolute atomic E-state index is 14.3. The van der Waals surface area contributed by atoms with Gasteiger partial charge in [-0.05, 0) is 49.2 Å². The van der Waals surface area contributed by atoms with Crippen molar-refractivity contribution < 1.29 is 9.18 Å². The van der Waals surface area contributed by atoms with Crippen LogP contribution in [0.5, 0.6) is 0 Å². The molecular formula is C27H24BrFN4O. The van der Waals surface area contributed by atoms with E-state index in [9.17, 15) is 9.18 Å². The number of carbonyl (C=O) groups is 1. The molecule has 2 aromatic heterocycles. The maximum Gasteiger partial charge on any atom is 0.257 e. The van der Waals surface area contributed by atoms with Gasteiger partial charge in [-0.15, -0.1) is 0 Å². The number of rotatable bonds is 4. The molecule has 0 spiro atoms. The van der Waals surface area contributed by atoms with Crippen molar-refractivity contribution in [1.82, 2.24) is 19.2 Å². The molecule has 3 fully saturated rings. The highest BCUT2D eigenvalue weighted by molar-refractivity contribution is 9.10. The first-order valence-corrected chi connectivity index (χ1v) is 12.4. The van der Waals surface area contributed by atoms with Crippen LogP contribution in [-0.2, 0) is 6.54 Å². The Morgan fingerprint density at radius 2 is 1.74 bits per heavy atom. The van der Waals surface area contributed by atoms with E-state index in [1.54, 1.807) is 18.2 Å². The predicted octanol–water partition coefficient (Wildman–Crippen LogP) is 5.39. The molecule has 5 nitrogen and oxygen atoms in total. The Kier molecular flexibility index (Phi) is 5.46. The zero-order chi connectivity index (χ0) is 23.2. The second kappa shape index (κ2) is 8.64. The largest absolute Gasteiger partial charge is 0.333 e. The Morgan fingerprint density at radius 1 is 0.971 bits per heavy atom. The first kappa shape index (κ1) is 21.5. The zero-order valence-electron chi connectivity index (χ0n) is 18.6. The summed E-state index contributed by atoms with van der Waals surface area (Å²) in [6, 6.07) is 20.9. The molecule has 7 heteroatoms. The SMILES string of the molecule is O=C(c1ccccc1F)N1CC2CCC1CN2Cc1c(-c2ccc(Br)cc2)nc2ccccn12. The van der Waals surface area contributed by atoms with Crippen LogP contribution in [0.3, 0.4) is 0 Å². The topological polar surface area (TPSA) is 40.9 Å². The first-order chi connectivity index (χ1) is 16.6. The molecule has 3 aliphatic heterocycles. The molecule has 2 atom stereocenters. The van der Waals surface area contributed by atoms with Crippen LogP contribution in [0.15, 0.2) is 77.4 Å². The van der Waals surface area contributed by atoms with Gasteiger partial charge in [-0.25, -0.2) is 9.37 Å². The summed E-state index contributed by atoms with van der Waals surface area (Å²) in [4.78, 5) is 22.4. The standard InChI is InChI=1S/C27H24BrFN4O/c28-19-10-8-18(9-11-19)26-24(32-14-4-3-7-25(32)30-26)17-31-15-21-13-12-20(31)16-33(21)27(34)22-5-1-2-6-23(22)29/h1-11,14,20-21H,12-13,15-17H2. The average molecular weight is 519 g/mol. The second-order valence-corrected chi connectivity index (χ2v) is 10.0. The number of carbonyl (C=O) groups excluding carboxylic acids is 1. The van der Waals surface area contributed by atoms with E-state index in [0.29, 0.717) is 6.54 Å². The molecule has 3 saturated heterocycles. The summed E-state index contributed by atoms with van der Waals surface area (Å²) in [6.07, 6.45) is 4.06. The molecule has 0 aliphatic carbocycles. The van der Waals surface area contributed by atoms with Crippen LogP contribution < -0.4 is 0 Å². The van der Waals surface area contributed by atoms with Gasteiger partial charge < -0.3 is 9.30 Å². The van der Waals surface area contributed by atoms with Crippen molar-refractivity contribution in [3.8, 4) is 11.3 Å². The fourth-order valence-electron chi connectivity index (χ4n) is 5.38. The van der Waals surface area contributed by atoms with Gasteiger partial charge in [0.25, 0.3) is 5.91 Å². The van der Waals surface area contributed by atoms with E-state index in [0.717, 1.165) is 53.0 Å². The van der Waals surface area contributed by atoms with Crippen LogP contribution in [0.4, 0.5) is 4.39 Å². The van der Waals surface area contributed by atoms with Gasteiger partial charge in [-0.3, -0.25) is 9.69 Å². The van der Waals surface area contributed by atoms with Crippen LogP contribution in [0.25, 0.3) is 16.9 Å². The smallest absolute Gasteiger partial charge is 0.257 e. The number of aromatic nitrogens is 2. The molecule has 1 amide bonds. The summed E-state index contributed by atoms with van der Waals surface area (Å²) in [5.74, 6) is -0.645. The molecule has 4 aromatic rings. The highest BCUT2D eigenvalue weighted by Crippen LogP contribution is 2.34. The zero-order valence-corrected chi connectivity index (χ0v) is 20.2. The van der Waals surface area contributed by atoms with Crippen LogP contribution in [0.2, 0.25) is 0 Å². The lowest BCUT2D eigenvalue weighted by Crippen LogP contribution is -2.63. The Bertz CT molecular complexity index is 1370. The molecule has 2 aromatic carbocycles. The molecule has 3 aliphatic rings. The molecule has 0 radical (unpaired) electrons. The number of hydrogen-bond donors (Lipinski definition) is 0. The number of amides is 1. The number of nitrogens with zero attached hydrogens (tertiary/aromatic N) is 4. The molecule has 5 heterocycles. The minimum absolute atomic E-state index is 0.0902. The Balaban J connectivity index is 1.29. The van der Waals surface area contributed by atoms with Gasteiger partial charge in [0.2, 0.25) is 0 Å². The Hall–Kier alpha value is -3.03. The fraction of sp³-hybridized carbons (Fsp3) is 0.259. The number of pyridine rings is 1. The van der Waals surface area contributed by atoms with E-state index in [1.165, 1.54) is 6.07 Å². The number of piperazine rings is 1. The van der Waals surface area contributed by atoms with E-state index in [1.807, 2.05) is 35.2 Å². The van der Waals surface area contributed by atoms with Crippen molar-refractivity contribution in [3.63, 3.8) is 0 Å². The molecular weight excluding hydrogens is 495 g/mol. The van der Waals surface area contributed by atoms with Crippen molar-refractivity contribution in [3.05, 3.63) is 94.5 Å². The van der Waals surface area contributed by atoms with Gasteiger partial charge in [0, 0.05) is 48.0 Å². The minimum Gasteiger partial charge on any atom is -0.333 e. The van der Waals surface area contributed by atoms with Crippen LogP contribution in [0, 0.1) is 5.82 Å². The van der Waals surface area contributed by atoms with Gasteiger partial charge >= 0.3 is 0 Å². The molecule has 34 heavy (non-hydrogen) atoms. The van der Waals surface area contributed by atoms with E-state index < -0.39 is 5.82 Å². The second-order valence-electron chi connectivity index (χ2n) is 9.09. The lowest BCUT2D eigenvalue weighted by molar-refractivity contribution is -0.0161. The number of fused-ring (bicyclic) bond motifs is 4. The van der Waals surface area contributed by atoms with Crippen molar-refractivity contribution in [2.75, 3.05) is 13.1 Å². The van der Waals surface area contributed by atoms with Crippen LogP contribution in [-0.4, -0.2) is 50.3 Å². The summed E-state index contributed by atoms with van der Waals surface area (Å²) >= 11 is 3.52. The van der Waals surface area contributed by atoms with Crippen molar-refractivity contribution in [2.45, 2.75) is 31.5 Å². The highest BCUT2D eigenvalue weighted by atomic mass is 79.9. The van der Waals surface area contributed by atoms with Crippen molar-refractivity contribution in [2.24, 2.45) is 0 Å². The molecule has 172 valence electrons. The fourth-order valence-corrected chi connectivity index (χ4v) is 5.64. The van der Waals surface area contributed by atoms with Gasteiger partial charge in [0.1, 0.15) is 11.5 Å². The average Bonchev–Trinajstić information content (AvgIpc) is 3.23. The first-order valence-electron chi connectivity index (χ1n) is 11.6. The van der Waals surface area contributed by atoms with Gasteiger partial charge in [-0.1, -0.05) is 46.3 Å². The molecule has 0 N–H and O–H groups in total. The van der Waals surface area contributed by atoms with Gasteiger partial charge in [0.15, 0.2) is 0 Å². The number of hydrogen-bond acceptors (Lipinski definition) is 3. The summed E-state index contributed by atoms with van der Waals surface area (Å²) < 4.78 is 17.5. The number of piperidine rings is 2. The highest BCUT2D eigenvalue weighted by Gasteiger charge is 2.42. The predicted molar refractivity (Wildman–Crippen MR) is 133 cm³/mol. The van der Waals surface area contributed by atoms with Gasteiger partial charge in [0.05, 0.1) is 17.0 Å². The molecule has 2 bridgehead atoms. The van der Waals surface area contributed by atoms with E-state index in [-0.39, 0.29) is 23.6 Å². The summed E-state index contributed by atoms with van der Waals surface area (Å²) in [5.41, 5.74) is 4.31. The Morgan fingerprint density at radius 3 is 2.50 bits per heavy atom. The number of benzene rings is 2. The van der Waals surface area contributed by atoms with Crippen molar-refractivity contribution >= 4 is 27.5 Å². The lowest BCUT2D eigenvalue weighted by atomic mass is 9.89. The summed E-state index contributed by atoms with van der Waals surface area (Å²) in [5, 5.41) is 0. The maximum atomic E-state index is 14.3. The normalized spacial score (nSPS) is 20.2.